The fraction of sp³-hybridized carbons (Fsp3) is 0.714. The van der Waals surface area contributed by atoms with Crippen molar-refractivity contribution in [1.29, 1.82) is 0 Å². The van der Waals surface area contributed by atoms with Gasteiger partial charge in [-0.1, -0.05) is 0 Å². The van der Waals surface area contributed by atoms with E-state index in [-0.39, 0.29) is 6.10 Å². The molecule has 0 aliphatic carbocycles. The van der Waals surface area contributed by atoms with E-state index in [1.54, 1.807) is 20.3 Å². The highest BCUT2D eigenvalue weighted by Gasteiger charge is 2.32. The molecule has 0 radical (unpaired) electrons. The van der Waals surface area contributed by atoms with Gasteiger partial charge in [-0.3, -0.25) is 4.90 Å². The van der Waals surface area contributed by atoms with Gasteiger partial charge in [-0.2, -0.15) is 9.97 Å². The first kappa shape index (κ1) is 14.3. The van der Waals surface area contributed by atoms with Crippen LogP contribution < -0.4 is 14.8 Å². The quantitative estimate of drug-likeness (QED) is 0.860. The summed E-state index contributed by atoms with van der Waals surface area (Å²) >= 11 is 0. The standard InChI is InChI=1S/C14H22N4O3/c1-19-12-6-13(20-2)17-14(16-12)15-7-11-8-18-5-3-4-10(18)9-21-11/h6,10-11H,3-5,7-9H2,1-2H3,(H,15,16,17). The van der Waals surface area contributed by atoms with Crippen molar-refractivity contribution in [2.75, 3.05) is 45.8 Å². The fourth-order valence-corrected chi connectivity index (χ4v) is 2.91. The second-order valence-corrected chi connectivity index (χ2v) is 5.40. The molecule has 116 valence electrons. The smallest absolute Gasteiger partial charge is 0.229 e. The molecule has 2 atom stereocenters. The summed E-state index contributed by atoms with van der Waals surface area (Å²) in [6.45, 7) is 3.67. The molecule has 0 bridgehead atoms. The number of hydrogen-bond acceptors (Lipinski definition) is 7. The van der Waals surface area contributed by atoms with Gasteiger partial charge in [0.1, 0.15) is 0 Å². The first-order valence-electron chi connectivity index (χ1n) is 7.35. The molecule has 7 heteroatoms. The number of ether oxygens (including phenoxy) is 3. The van der Waals surface area contributed by atoms with E-state index in [2.05, 4.69) is 20.2 Å². The Morgan fingerprint density at radius 2 is 2.10 bits per heavy atom. The molecule has 0 spiro atoms. The van der Waals surface area contributed by atoms with E-state index in [0.29, 0.717) is 30.3 Å². The monoisotopic (exact) mass is 294 g/mol. The van der Waals surface area contributed by atoms with Gasteiger partial charge in [0.2, 0.25) is 17.7 Å². The summed E-state index contributed by atoms with van der Waals surface area (Å²) in [5.41, 5.74) is 0. The zero-order valence-corrected chi connectivity index (χ0v) is 12.5. The summed E-state index contributed by atoms with van der Waals surface area (Å²) < 4.78 is 16.2. The molecule has 0 amide bonds. The van der Waals surface area contributed by atoms with Crippen molar-refractivity contribution in [2.24, 2.45) is 0 Å². The van der Waals surface area contributed by atoms with Gasteiger partial charge in [0.25, 0.3) is 0 Å². The Balaban J connectivity index is 1.57. The van der Waals surface area contributed by atoms with Crippen LogP contribution in [-0.4, -0.2) is 67.5 Å². The van der Waals surface area contributed by atoms with Crippen molar-refractivity contribution in [2.45, 2.75) is 25.0 Å². The lowest BCUT2D eigenvalue weighted by atomic mass is 10.2. The number of morpholine rings is 1. The molecule has 2 aliphatic heterocycles. The second-order valence-electron chi connectivity index (χ2n) is 5.40. The summed E-state index contributed by atoms with van der Waals surface area (Å²) in [4.78, 5) is 11.0. The van der Waals surface area contributed by atoms with Gasteiger partial charge >= 0.3 is 0 Å². The summed E-state index contributed by atoms with van der Waals surface area (Å²) in [5, 5.41) is 3.21. The van der Waals surface area contributed by atoms with Crippen molar-refractivity contribution < 1.29 is 14.2 Å². The van der Waals surface area contributed by atoms with Crippen LogP contribution in [0.5, 0.6) is 11.8 Å². The predicted molar refractivity (Wildman–Crippen MR) is 78.0 cm³/mol. The third kappa shape index (κ3) is 3.36. The van der Waals surface area contributed by atoms with Gasteiger partial charge in [-0.05, 0) is 19.4 Å². The molecule has 1 aromatic rings. The third-order valence-corrected chi connectivity index (χ3v) is 4.05. The number of rotatable bonds is 5. The average Bonchev–Trinajstić information content (AvgIpc) is 3.00. The van der Waals surface area contributed by atoms with Crippen LogP contribution in [0.15, 0.2) is 6.07 Å². The number of methoxy groups -OCH3 is 2. The molecule has 2 saturated heterocycles. The van der Waals surface area contributed by atoms with Crippen molar-refractivity contribution >= 4 is 5.95 Å². The van der Waals surface area contributed by atoms with Gasteiger partial charge in [0.15, 0.2) is 0 Å². The van der Waals surface area contributed by atoms with Crippen LogP contribution >= 0.6 is 0 Å². The molecule has 1 aromatic heterocycles. The normalized spacial score (nSPS) is 25.4. The van der Waals surface area contributed by atoms with Gasteiger partial charge in [-0.15, -0.1) is 0 Å². The number of anilines is 1. The largest absolute Gasteiger partial charge is 0.481 e. The molecule has 0 aromatic carbocycles. The zero-order valence-electron chi connectivity index (χ0n) is 12.5. The highest BCUT2D eigenvalue weighted by Crippen LogP contribution is 2.23. The summed E-state index contributed by atoms with van der Waals surface area (Å²) in [6.07, 6.45) is 2.71. The first-order valence-corrected chi connectivity index (χ1v) is 7.35. The van der Waals surface area contributed by atoms with Crippen LogP contribution in [0.3, 0.4) is 0 Å². The van der Waals surface area contributed by atoms with E-state index >= 15 is 0 Å². The Kier molecular flexibility index (Phi) is 4.40. The van der Waals surface area contributed by atoms with Crippen LogP contribution in [-0.2, 0) is 4.74 Å². The van der Waals surface area contributed by atoms with Crippen LogP contribution in [0.4, 0.5) is 5.95 Å². The van der Waals surface area contributed by atoms with E-state index < -0.39 is 0 Å². The second kappa shape index (κ2) is 6.44. The Bertz CT molecular complexity index is 463. The number of nitrogens with one attached hydrogen (secondary N) is 1. The topological polar surface area (TPSA) is 68.7 Å². The molecule has 3 rings (SSSR count). The van der Waals surface area contributed by atoms with Crippen LogP contribution in [0.1, 0.15) is 12.8 Å². The molecule has 2 unspecified atom stereocenters. The maximum atomic E-state index is 5.90. The third-order valence-electron chi connectivity index (χ3n) is 4.05. The molecular formula is C14H22N4O3. The van der Waals surface area contributed by atoms with Gasteiger partial charge < -0.3 is 19.5 Å². The summed E-state index contributed by atoms with van der Waals surface area (Å²) in [6, 6.07) is 2.27. The molecule has 3 heterocycles. The summed E-state index contributed by atoms with van der Waals surface area (Å²) in [5.74, 6) is 1.46. The van der Waals surface area contributed by atoms with Gasteiger partial charge in [-0.25, -0.2) is 0 Å². The van der Waals surface area contributed by atoms with E-state index in [1.165, 1.54) is 19.4 Å². The van der Waals surface area contributed by atoms with Gasteiger partial charge in [0.05, 0.1) is 33.0 Å². The summed E-state index contributed by atoms with van der Waals surface area (Å²) in [7, 11) is 3.15. The van der Waals surface area contributed by atoms with Crippen LogP contribution in [0, 0.1) is 0 Å². The molecular weight excluding hydrogens is 272 g/mol. The lowest BCUT2D eigenvalue weighted by molar-refractivity contribution is -0.0416. The SMILES string of the molecule is COc1cc(OC)nc(NCC2CN3CCCC3CO2)n1. The Morgan fingerprint density at radius 3 is 2.81 bits per heavy atom. The molecule has 21 heavy (non-hydrogen) atoms. The minimum Gasteiger partial charge on any atom is -0.481 e. The number of hydrogen-bond donors (Lipinski definition) is 1. The number of aromatic nitrogens is 2. The van der Waals surface area contributed by atoms with Gasteiger partial charge in [0, 0.05) is 19.1 Å². The highest BCUT2D eigenvalue weighted by molar-refractivity contribution is 5.33. The predicted octanol–water partition coefficient (Wildman–Crippen LogP) is 0.769. The van der Waals surface area contributed by atoms with Crippen molar-refractivity contribution in [3.63, 3.8) is 0 Å². The molecule has 2 fully saturated rings. The van der Waals surface area contributed by atoms with Crippen molar-refractivity contribution in [1.82, 2.24) is 14.9 Å². The first-order chi connectivity index (χ1) is 10.3. The molecule has 7 nitrogen and oxygen atoms in total. The number of fused-ring (bicyclic) bond motifs is 1. The molecule has 1 N–H and O–H groups in total. The lowest BCUT2D eigenvalue weighted by Crippen LogP contribution is -2.48. The maximum absolute atomic E-state index is 5.90. The van der Waals surface area contributed by atoms with E-state index in [9.17, 15) is 0 Å². The minimum absolute atomic E-state index is 0.167. The number of nitrogens with zero attached hydrogens (tertiary/aromatic N) is 3. The van der Waals surface area contributed by atoms with E-state index in [1.807, 2.05) is 0 Å². The highest BCUT2D eigenvalue weighted by atomic mass is 16.5. The lowest BCUT2D eigenvalue weighted by Gasteiger charge is -2.35. The van der Waals surface area contributed by atoms with E-state index in [0.717, 1.165) is 13.2 Å². The van der Waals surface area contributed by atoms with Crippen LogP contribution in [0.25, 0.3) is 0 Å². The zero-order chi connectivity index (χ0) is 14.7. The Morgan fingerprint density at radius 1 is 1.33 bits per heavy atom. The minimum atomic E-state index is 0.167. The van der Waals surface area contributed by atoms with Crippen molar-refractivity contribution in [3.05, 3.63) is 6.07 Å². The Labute approximate surface area is 124 Å². The molecule has 0 saturated carbocycles. The maximum Gasteiger partial charge on any atom is 0.229 e. The van der Waals surface area contributed by atoms with Crippen molar-refractivity contribution in [3.8, 4) is 11.8 Å². The fourth-order valence-electron chi connectivity index (χ4n) is 2.91. The molecule has 2 aliphatic rings. The average molecular weight is 294 g/mol. The van der Waals surface area contributed by atoms with Crippen LogP contribution in [0.2, 0.25) is 0 Å². The Hall–Kier alpha value is -1.60. The van der Waals surface area contributed by atoms with E-state index in [4.69, 9.17) is 14.2 Å².